The number of para-hydroxylation sites is 1. The van der Waals surface area contributed by atoms with Gasteiger partial charge in [0.05, 0.1) is 11.4 Å². The van der Waals surface area contributed by atoms with Crippen LogP contribution in [0.3, 0.4) is 0 Å². The van der Waals surface area contributed by atoms with Gasteiger partial charge in [-0.05, 0) is 69.9 Å². The molecule has 0 bridgehead atoms. The van der Waals surface area contributed by atoms with E-state index >= 15 is 0 Å². The molecule has 2 heterocycles. The predicted octanol–water partition coefficient (Wildman–Crippen LogP) is 10.0. The third-order valence-electron chi connectivity index (χ3n) is 8.76. The SMILES string of the molecule is N=C1C=Cc2ccc3ccc(-c4nc(-c5cccc(-c6ccccc6)c5)nc(-c5ccc6oc7ccccc7c6c5)n4)cc3c2C1=N. The van der Waals surface area contributed by atoms with E-state index in [0.717, 1.165) is 71.7 Å². The molecule has 220 valence electrons. The number of nitrogens with one attached hydrogen (secondary N) is 2. The molecular formula is C41H25N5O. The molecule has 2 aromatic heterocycles. The van der Waals surface area contributed by atoms with Crippen molar-refractivity contribution in [1.29, 1.82) is 10.8 Å². The highest BCUT2D eigenvalue weighted by Crippen LogP contribution is 2.35. The highest BCUT2D eigenvalue weighted by atomic mass is 16.3. The van der Waals surface area contributed by atoms with Crippen LogP contribution in [0.1, 0.15) is 11.1 Å². The minimum Gasteiger partial charge on any atom is -0.456 e. The zero-order valence-electron chi connectivity index (χ0n) is 25.0. The summed E-state index contributed by atoms with van der Waals surface area (Å²) in [4.78, 5) is 15.1. The van der Waals surface area contributed by atoms with Crippen LogP contribution in [0.5, 0.6) is 0 Å². The Bertz CT molecular complexity index is 2620. The third-order valence-corrected chi connectivity index (χ3v) is 8.76. The molecular weight excluding hydrogens is 578 g/mol. The van der Waals surface area contributed by atoms with Crippen molar-refractivity contribution in [3.63, 3.8) is 0 Å². The Morgan fingerprint density at radius 1 is 0.447 bits per heavy atom. The number of hydrogen-bond acceptors (Lipinski definition) is 6. The number of fused-ring (bicyclic) bond motifs is 6. The maximum atomic E-state index is 8.70. The van der Waals surface area contributed by atoms with Gasteiger partial charge in [0, 0.05) is 33.0 Å². The summed E-state index contributed by atoms with van der Waals surface area (Å²) in [5.74, 6) is 1.64. The predicted molar refractivity (Wildman–Crippen MR) is 190 cm³/mol. The Balaban J connectivity index is 1.26. The lowest BCUT2D eigenvalue weighted by atomic mass is 9.88. The molecule has 47 heavy (non-hydrogen) atoms. The number of allylic oxidation sites excluding steroid dienone is 1. The lowest BCUT2D eigenvalue weighted by Crippen LogP contribution is -2.16. The normalized spacial score (nSPS) is 12.7. The maximum Gasteiger partial charge on any atom is 0.164 e. The quantitative estimate of drug-likeness (QED) is 0.209. The largest absolute Gasteiger partial charge is 0.456 e. The summed E-state index contributed by atoms with van der Waals surface area (Å²) < 4.78 is 6.10. The standard InChI is InChI=1S/C41H25N5O/c42-34-19-17-26-15-13-25-14-16-29(22-32(25)37(26)38(34)43)40-44-39(28-10-6-9-27(21-28)24-7-2-1-3-8-24)45-41(46-40)30-18-20-36-33(23-30)31-11-4-5-12-35(31)47-36/h1-23,42-43H. The Labute approximate surface area is 269 Å². The van der Waals surface area contributed by atoms with Crippen molar-refractivity contribution in [1.82, 2.24) is 15.0 Å². The van der Waals surface area contributed by atoms with Gasteiger partial charge in [-0.1, -0.05) is 97.1 Å². The first-order chi connectivity index (χ1) is 23.1. The molecule has 2 N–H and O–H groups in total. The monoisotopic (exact) mass is 603 g/mol. The van der Waals surface area contributed by atoms with E-state index in [-0.39, 0.29) is 11.4 Å². The molecule has 8 aromatic rings. The summed E-state index contributed by atoms with van der Waals surface area (Å²) in [6, 6.07) is 42.7. The summed E-state index contributed by atoms with van der Waals surface area (Å²) in [5.41, 5.74) is 8.44. The van der Waals surface area contributed by atoms with Crippen LogP contribution >= 0.6 is 0 Å². The number of benzene rings is 6. The first-order valence-corrected chi connectivity index (χ1v) is 15.4. The molecule has 6 heteroatoms. The van der Waals surface area contributed by atoms with E-state index in [2.05, 4.69) is 36.4 Å². The molecule has 0 saturated carbocycles. The molecule has 0 unspecified atom stereocenters. The van der Waals surface area contributed by atoms with Gasteiger partial charge in [-0.25, -0.2) is 15.0 Å². The minimum absolute atomic E-state index is 0.195. The topological polar surface area (TPSA) is 99.5 Å². The zero-order valence-corrected chi connectivity index (χ0v) is 25.0. The number of hydrogen-bond donors (Lipinski definition) is 2. The second kappa shape index (κ2) is 10.5. The van der Waals surface area contributed by atoms with Gasteiger partial charge in [0.25, 0.3) is 0 Å². The van der Waals surface area contributed by atoms with E-state index in [1.54, 1.807) is 6.08 Å². The molecule has 1 aliphatic carbocycles. The third kappa shape index (κ3) is 4.54. The Morgan fingerprint density at radius 2 is 1.06 bits per heavy atom. The van der Waals surface area contributed by atoms with Crippen molar-refractivity contribution in [2.45, 2.75) is 0 Å². The fraction of sp³-hybridized carbons (Fsp3) is 0. The lowest BCUT2D eigenvalue weighted by molar-refractivity contribution is 0.669. The number of rotatable bonds is 4. The first kappa shape index (κ1) is 26.8. The van der Waals surface area contributed by atoms with Crippen molar-refractivity contribution in [3.05, 3.63) is 145 Å². The average molecular weight is 604 g/mol. The average Bonchev–Trinajstić information content (AvgIpc) is 3.51. The van der Waals surface area contributed by atoms with Crippen LogP contribution in [0.25, 0.3) is 84.1 Å². The van der Waals surface area contributed by atoms with Crippen LogP contribution in [-0.2, 0) is 0 Å². The summed E-state index contributed by atoms with van der Waals surface area (Å²) in [5, 5.41) is 20.9. The van der Waals surface area contributed by atoms with Crippen LogP contribution in [0.15, 0.2) is 138 Å². The van der Waals surface area contributed by atoms with Gasteiger partial charge in [-0.3, -0.25) is 10.8 Å². The van der Waals surface area contributed by atoms with Gasteiger partial charge in [-0.2, -0.15) is 0 Å². The van der Waals surface area contributed by atoms with E-state index in [1.165, 1.54) is 0 Å². The molecule has 0 saturated heterocycles. The number of aromatic nitrogens is 3. The number of furan rings is 1. The van der Waals surface area contributed by atoms with Crippen molar-refractivity contribution in [2.75, 3.05) is 0 Å². The molecule has 0 fully saturated rings. The molecule has 0 aliphatic heterocycles. The van der Waals surface area contributed by atoms with Gasteiger partial charge in [-0.15, -0.1) is 0 Å². The highest BCUT2D eigenvalue weighted by molar-refractivity contribution is 6.53. The Kier molecular flexibility index (Phi) is 6.01. The van der Waals surface area contributed by atoms with Crippen molar-refractivity contribution >= 4 is 50.2 Å². The molecule has 6 aromatic carbocycles. The van der Waals surface area contributed by atoms with Crippen LogP contribution < -0.4 is 0 Å². The van der Waals surface area contributed by atoms with Crippen LogP contribution in [0, 0.1) is 10.8 Å². The van der Waals surface area contributed by atoms with Crippen LogP contribution in [-0.4, -0.2) is 26.4 Å². The van der Waals surface area contributed by atoms with Crippen molar-refractivity contribution in [3.8, 4) is 45.3 Å². The van der Waals surface area contributed by atoms with Gasteiger partial charge in [0.1, 0.15) is 11.2 Å². The van der Waals surface area contributed by atoms with Gasteiger partial charge in [0.2, 0.25) is 0 Å². The molecule has 0 spiro atoms. The fourth-order valence-corrected chi connectivity index (χ4v) is 6.38. The number of nitrogens with zero attached hydrogens (tertiary/aromatic N) is 3. The van der Waals surface area contributed by atoms with Crippen molar-refractivity contribution in [2.24, 2.45) is 0 Å². The van der Waals surface area contributed by atoms with E-state index in [4.69, 9.17) is 30.2 Å². The second-order valence-electron chi connectivity index (χ2n) is 11.6. The lowest BCUT2D eigenvalue weighted by Gasteiger charge is -2.16. The highest BCUT2D eigenvalue weighted by Gasteiger charge is 2.20. The summed E-state index contributed by atoms with van der Waals surface area (Å²) in [6.07, 6.45) is 3.57. The van der Waals surface area contributed by atoms with E-state index in [1.807, 2.05) is 97.1 Å². The van der Waals surface area contributed by atoms with E-state index in [0.29, 0.717) is 17.5 Å². The molecule has 1 aliphatic rings. The Hall–Kier alpha value is -6.53. The van der Waals surface area contributed by atoms with Gasteiger partial charge < -0.3 is 4.42 Å². The fourth-order valence-electron chi connectivity index (χ4n) is 6.38. The minimum atomic E-state index is 0.195. The van der Waals surface area contributed by atoms with Gasteiger partial charge in [0.15, 0.2) is 17.5 Å². The van der Waals surface area contributed by atoms with Gasteiger partial charge >= 0.3 is 0 Å². The molecule has 6 nitrogen and oxygen atoms in total. The second-order valence-corrected chi connectivity index (χ2v) is 11.6. The van der Waals surface area contributed by atoms with E-state index in [9.17, 15) is 0 Å². The first-order valence-electron chi connectivity index (χ1n) is 15.4. The molecule has 0 radical (unpaired) electrons. The smallest absolute Gasteiger partial charge is 0.164 e. The summed E-state index contributed by atoms with van der Waals surface area (Å²) >= 11 is 0. The zero-order chi connectivity index (χ0) is 31.5. The molecule has 0 atom stereocenters. The summed E-state index contributed by atoms with van der Waals surface area (Å²) in [6.45, 7) is 0. The summed E-state index contributed by atoms with van der Waals surface area (Å²) in [7, 11) is 0. The van der Waals surface area contributed by atoms with Crippen LogP contribution in [0.2, 0.25) is 0 Å². The van der Waals surface area contributed by atoms with Crippen LogP contribution in [0.4, 0.5) is 0 Å². The molecule has 9 rings (SSSR count). The van der Waals surface area contributed by atoms with E-state index < -0.39 is 0 Å². The maximum absolute atomic E-state index is 8.70. The van der Waals surface area contributed by atoms with Crippen molar-refractivity contribution < 1.29 is 4.42 Å². The Morgan fingerprint density at radius 3 is 1.87 bits per heavy atom. The molecule has 0 amide bonds.